The molecule has 2 rings (SSSR count). The van der Waals surface area contributed by atoms with E-state index in [1.165, 1.54) is 12.8 Å². The summed E-state index contributed by atoms with van der Waals surface area (Å²) in [5.41, 5.74) is 1.08. The lowest BCUT2D eigenvalue weighted by atomic mass is 10.2. The van der Waals surface area contributed by atoms with Crippen LogP contribution in [0.3, 0.4) is 0 Å². The Hall–Kier alpha value is -1.43. The van der Waals surface area contributed by atoms with Crippen LogP contribution in [0, 0.1) is 0 Å². The van der Waals surface area contributed by atoms with E-state index in [4.69, 9.17) is 0 Å². The topological polar surface area (TPSA) is 64.6 Å². The molecular formula is C16H25N3O2. The Morgan fingerprint density at radius 3 is 2.67 bits per heavy atom. The number of likely N-dealkylation sites (tertiary alicyclic amines) is 1. The molecule has 116 valence electrons. The van der Waals surface area contributed by atoms with Gasteiger partial charge in [0, 0.05) is 19.6 Å². The van der Waals surface area contributed by atoms with Gasteiger partial charge in [0.05, 0.1) is 12.6 Å². The second kappa shape index (κ2) is 8.77. The first-order chi connectivity index (χ1) is 10.2. The van der Waals surface area contributed by atoms with Crippen LogP contribution in [-0.2, 0) is 11.3 Å². The van der Waals surface area contributed by atoms with Gasteiger partial charge in [0.2, 0.25) is 5.91 Å². The number of amides is 1. The van der Waals surface area contributed by atoms with Crippen molar-refractivity contribution in [3.05, 3.63) is 35.9 Å². The normalized spacial score (nSPS) is 16.8. The lowest BCUT2D eigenvalue weighted by Gasteiger charge is -2.19. The van der Waals surface area contributed by atoms with Crippen molar-refractivity contribution in [2.24, 2.45) is 0 Å². The van der Waals surface area contributed by atoms with Crippen LogP contribution in [0.25, 0.3) is 0 Å². The van der Waals surface area contributed by atoms with Gasteiger partial charge in [-0.2, -0.15) is 0 Å². The van der Waals surface area contributed by atoms with Gasteiger partial charge in [0.25, 0.3) is 0 Å². The monoisotopic (exact) mass is 291 g/mol. The van der Waals surface area contributed by atoms with Crippen LogP contribution in [0.15, 0.2) is 30.3 Å². The largest absolute Gasteiger partial charge is 0.390 e. The van der Waals surface area contributed by atoms with Crippen LogP contribution in [0.5, 0.6) is 0 Å². The van der Waals surface area contributed by atoms with Gasteiger partial charge in [0.1, 0.15) is 0 Å². The SMILES string of the molecule is O=C(CNCC(O)CN1CCCC1)NCc1ccccc1. The van der Waals surface area contributed by atoms with E-state index in [-0.39, 0.29) is 12.5 Å². The standard InChI is InChI=1S/C16H25N3O2/c20-15(13-19-8-4-5-9-19)11-17-12-16(21)18-10-14-6-2-1-3-7-14/h1-3,6-7,15,17,20H,4-5,8-13H2,(H,18,21). The Kier molecular flexibility index (Phi) is 6.66. The van der Waals surface area contributed by atoms with Crippen molar-refractivity contribution < 1.29 is 9.90 Å². The molecule has 1 heterocycles. The first-order valence-electron chi connectivity index (χ1n) is 7.66. The fourth-order valence-corrected chi connectivity index (χ4v) is 2.54. The number of nitrogens with zero attached hydrogens (tertiary/aromatic N) is 1. The number of hydrogen-bond donors (Lipinski definition) is 3. The number of hydrogen-bond acceptors (Lipinski definition) is 4. The van der Waals surface area contributed by atoms with Crippen molar-refractivity contribution >= 4 is 5.91 Å². The van der Waals surface area contributed by atoms with Crippen LogP contribution in [0.2, 0.25) is 0 Å². The lowest BCUT2D eigenvalue weighted by molar-refractivity contribution is -0.120. The first-order valence-corrected chi connectivity index (χ1v) is 7.66. The molecular weight excluding hydrogens is 266 g/mol. The number of β-amino-alcohol motifs (C(OH)–C–C–N with tert-alkyl or cyclic N) is 1. The van der Waals surface area contributed by atoms with Crippen LogP contribution in [-0.4, -0.2) is 54.7 Å². The molecule has 1 aromatic carbocycles. The molecule has 0 aromatic heterocycles. The Morgan fingerprint density at radius 1 is 1.24 bits per heavy atom. The molecule has 1 fully saturated rings. The van der Waals surface area contributed by atoms with Crippen molar-refractivity contribution in [3.63, 3.8) is 0 Å². The van der Waals surface area contributed by atoms with E-state index in [9.17, 15) is 9.90 Å². The summed E-state index contributed by atoms with van der Waals surface area (Å²) in [6.45, 7) is 4.08. The Balaban J connectivity index is 1.54. The molecule has 21 heavy (non-hydrogen) atoms. The molecule has 1 atom stereocenters. The van der Waals surface area contributed by atoms with E-state index >= 15 is 0 Å². The molecule has 1 saturated heterocycles. The fourth-order valence-electron chi connectivity index (χ4n) is 2.54. The summed E-state index contributed by atoms with van der Waals surface area (Å²) < 4.78 is 0. The van der Waals surface area contributed by atoms with Gasteiger partial charge in [-0.3, -0.25) is 4.79 Å². The number of aliphatic hydroxyl groups is 1. The summed E-state index contributed by atoms with van der Waals surface area (Å²) in [6, 6.07) is 9.82. The van der Waals surface area contributed by atoms with Crippen LogP contribution < -0.4 is 10.6 Å². The Morgan fingerprint density at radius 2 is 1.95 bits per heavy atom. The third-order valence-corrected chi connectivity index (χ3v) is 3.67. The van der Waals surface area contributed by atoms with Crippen molar-refractivity contribution in [1.82, 2.24) is 15.5 Å². The summed E-state index contributed by atoms with van der Waals surface area (Å²) >= 11 is 0. The van der Waals surface area contributed by atoms with Crippen molar-refractivity contribution in [2.45, 2.75) is 25.5 Å². The zero-order chi connectivity index (χ0) is 14.9. The van der Waals surface area contributed by atoms with Crippen molar-refractivity contribution in [1.29, 1.82) is 0 Å². The summed E-state index contributed by atoms with van der Waals surface area (Å²) in [5.74, 6) is -0.0489. The minimum Gasteiger partial charge on any atom is -0.390 e. The number of aliphatic hydroxyl groups excluding tert-OH is 1. The van der Waals surface area contributed by atoms with E-state index in [0.717, 1.165) is 18.7 Å². The Bertz CT molecular complexity index is 419. The first kappa shape index (κ1) is 15.9. The highest BCUT2D eigenvalue weighted by atomic mass is 16.3. The minimum absolute atomic E-state index is 0.0489. The van der Waals surface area contributed by atoms with E-state index in [1.54, 1.807) is 0 Å². The molecule has 5 nitrogen and oxygen atoms in total. The zero-order valence-electron chi connectivity index (χ0n) is 12.4. The summed E-state index contributed by atoms with van der Waals surface area (Å²) in [7, 11) is 0. The number of benzene rings is 1. The zero-order valence-corrected chi connectivity index (χ0v) is 12.4. The van der Waals surface area contributed by atoms with Gasteiger partial charge in [-0.1, -0.05) is 30.3 Å². The molecule has 1 aromatic rings. The van der Waals surface area contributed by atoms with Crippen LogP contribution in [0.1, 0.15) is 18.4 Å². The maximum atomic E-state index is 11.7. The van der Waals surface area contributed by atoms with Crippen molar-refractivity contribution in [3.8, 4) is 0 Å². The quantitative estimate of drug-likeness (QED) is 0.647. The van der Waals surface area contributed by atoms with E-state index in [2.05, 4.69) is 15.5 Å². The van der Waals surface area contributed by atoms with E-state index < -0.39 is 6.10 Å². The second-order valence-electron chi connectivity index (χ2n) is 5.55. The maximum absolute atomic E-state index is 11.7. The molecule has 1 unspecified atom stereocenters. The van der Waals surface area contributed by atoms with Gasteiger partial charge in [-0.05, 0) is 31.5 Å². The Labute approximate surface area is 126 Å². The van der Waals surface area contributed by atoms with Gasteiger partial charge >= 0.3 is 0 Å². The maximum Gasteiger partial charge on any atom is 0.234 e. The molecule has 0 saturated carbocycles. The summed E-state index contributed by atoms with van der Waals surface area (Å²) in [6.07, 6.45) is 2.04. The van der Waals surface area contributed by atoms with Crippen LogP contribution >= 0.6 is 0 Å². The van der Waals surface area contributed by atoms with E-state index in [1.807, 2.05) is 30.3 Å². The fraction of sp³-hybridized carbons (Fsp3) is 0.562. The molecule has 5 heteroatoms. The molecule has 0 spiro atoms. The number of carbonyl (C=O) groups excluding carboxylic acids is 1. The third kappa shape index (κ3) is 6.25. The highest BCUT2D eigenvalue weighted by molar-refractivity contribution is 5.77. The molecule has 0 radical (unpaired) electrons. The average Bonchev–Trinajstić information content (AvgIpc) is 2.99. The number of nitrogens with one attached hydrogen (secondary N) is 2. The smallest absolute Gasteiger partial charge is 0.234 e. The van der Waals surface area contributed by atoms with Gasteiger partial charge in [-0.15, -0.1) is 0 Å². The molecule has 1 aliphatic heterocycles. The van der Waals surface area contributed by atoms with Gasteiger partial charge in [-0.25, -0.2) is 0 Å². The van der Waals surface area contributed by atoms with Gasteiger partial charge < -0.3 is 20.6 Å². The summed E-state index contributed by atoms with van der Waals surface area (Å²) in [4.78, 5) is 13.9. The minimum atomic E-state index is -0.412. The predicted molar refractivity (Wildman–Crippen MR) is 82.8 cm³/mol. The van der Waals surface area contributed by atoms with Gasteiger partial charge in [0.15, 0.2) is 0 Å². The number of rotatable bonds is 8. The molecule has 1 aliphatic rings. The molecule has 0 bridgehead atoms. The highest BCUT2D eigenvalue weighted by Gasteiger charge is 2.15. The summed E-state index contributed by atoms with van der Waals surface area (Å²) in [5, 5.41) is 15.8. The molecule has 3 N–H and O–H groups in total. The number of carbonyl (C=O) groups is 1. The average molecular weight is 291 g/mol. The third-order valence-electron chi connectivity index (χ3n) is 3.67. The lowest BCUT2D eigenvalue weighted by Crippen LogP contribution is -2.40. The highest BCUT2D eigenvalue weighted by Crippen LogP contribution is 2.07. The second-order valence-corrected chi connectivity index (χ2v) is 5.55. The molecule has 0 aliphatic carbocycles. The van der Waals surface area contributed by atoms with Crippen molar-refractivity contribution in [2.75, 3.05) is 32.7 Å². The van der Waals surface area contributed by atoms with Crippen LogP contribution in [0.4, 0.5) is 0 Å². The van der Waals surface area contributed by atoms with E-state index in [0.29, 0.717) is 19.6 Å². The molecule has 1 amide bonds. The predicted octanol–water partition coefficient (Wildman–Crippen LogP) is 0.349.